The maximum Gasteiger partial charge on any atom is 0.257 e. The van der Waals surface area contributed by atoms with Crippen LogP contribution in [0, 0.1) is 11.8 Å². The average Bonchev–Trinajstić information content (AvgIpc) is 3.15. The lowest BCUT2D eigenvalue weighted by molar-refractivity contribution is -0.225. The lowest BCUT2D eigenvalue weighted by Crippen LogP contribution is -2.62. The summed E-state index contributed by atoms with van der Waals surface area (Å²) in [6, 6.07) is 14.8. The topological polar surface area (TPSA) is 18.5 Å². The van der Waals surface area contributed by atoms with Crippen molar-refractivity contribution >= 4 is 26.5 Å². The molecule has 0 amide bonds. The van der Waals surface area contributed by atoms with E-state index in [1.807, 2.05) is 0 Å². The Hall–Kier alpha value is -1.10. The van der Waals surface area contributed by atoms with E-state index in [-0.39, 0.29) is 30.7 Å². The van der Waals surface area contributed by atoms with Crippen LogP contribution in [0.3, 0.4) is 0 Å². The fourth-order valence-electron chi connectivity index (χ4n) is 12.0. The van der Waals surface area contributed by atoms with Crippen molar-refractivity contribution < 1.29 is 9.47 Å². The third kappa shape index (κ3) is 6.99. The molecule has 9 rings (SSSR count). The molecule has 0 N–H and O–H groups in total. The van der Waals surface area contributed by atoms with Crippen LogP contribution in [0.25, 0.3) is 0 Å². The summed E-state index contributed by atoms with van der Waals surface area (Å²) < 4.78 is 15.6. The van der Waals surface area contributed by atoms with Crippen molar-refractivity contribution in [1.82, 2.24) is 0 Å². The first-order chi connectivity index (χ1) is 23.8. The summed E-state index contributed by atoms with van der Waals surface area (Å²) >= 11 is 0. The summed E-state index contributed by atoms with van der Waals surface area (Å²) in [7, 11) is -0.447. The summed E-state index contributed by atoms with van der Waals surface area (Å²) in [5, 5.41) is 3.29. The minimum Gasteiger partial charge on any atom is -0.451 e. The van der Waals surface area contributed by atoms with Gasteiger partial charge in [-0.3, -0.25) is 0 Å². The molecule has 5 saturated carbocycles. The van der Waals surface area contributed by atoms with Crippen LogP contribution in [0.2, 0.25) is 0 Å². The van der Waals surface area contributed by atoms with E-state index < -0.39 is 5.79 Å². The number of hydrogen-bond acceptors (Lipinski definition) is 2. The van der Waals surface area contributed by atoms with Gasteiger partial charge in [0.25, 0.3) is 5.79 Å². The van der Waals surface area contributed by atoms with Crippen LogP contribution in [0.15, 0.2) is 36.4 Å². The molecule has 2 aromatic rings. The number of rotatable bonds is 6. The number of benzene rings is 2. The zero-order valence-corrected chi connectivity index (χ0v) is 31.6. The fourth-order valence-corrected chi connectivity index (χ4v) is 19.8. The van der Waals surface area contributed by atoms with E-state index in [4.69, 9.17) is 9.47 Å². The lowest BCUT2D eigenvalue weighted by Gasteiger charge is -2.55. The molecule has 0 unspecified atom stereocenters. The first-order valence-corrected chi connectivity index (χ1v) is 23.9. The van der Waals surface area contributed by atoms with E-state index in [2.05, 4.69) is 36.4 Å². The van der Waals surface area contributed by atoms with Gasteiger partial charge in [-0.15, -0.1) is 0 Å². The molecule has 2 atom stereocenters. The highest BCUT2D eigenvalue weighted by atomic mass is 31.1. The Balaban J connectivity index is 0.00000196. The van der Waals surface area contributed by atoms with Crippen molar-refractivity contribution in [2.75, 3.05) is 0 Å². The molecule has 2 aromatic carbocycles. The summed E-state index contributed by atoms with van der Waals surface area (Å²) in [4.78, 5) is 0. The molecule has 50 heavy (non-hydrogen) atoms. The SMILES string of the molecule is C.C.c1cc2c(c(P(C3CCCCC3)C3CCCCC3)c1)OC13Oc4c(cccc4P(C4CCCCC4)C4CCCCC4)C[C@H]1CCC[C@@H]3C2. The highest BCUT2D eigenvalue weighted by molar-refractivity contribution is 7.67. The Morgan fingerprint density at radius 2 is 0.760 bits per heavy atom. The van der Waals surface area contributed by atoms with Gasteiger partial charge in [-0.25, -0.2) is 0 Å². The molecule has 2 aliphatic heterocycles. The smallest absolute Gasteiger partial charge is 0.257 e. The quantitative estimate of drug-likeness (QED) is 0.277. The van der Waals surface area contributed by atoms with Crippen molar-refractivity contribution in [3.05, 3.63) is 47.5 Å². The van der Waals surface area contributed by atoms with Gasteiger partial charge in [0.05, 0.1) is 0 Å². The number of para-hydroxylation sites is 2. The Kier molecular flexibility index (Phi) is 12.3. The third-order valence-electron chi connectivity index (χ3n) is 14.3. The van der Waals surface area contributed by atoms with Gasteiger partial charge in [0.2, 0.25) is 0 Å². The maximum atomic E-state index is 7.80. The van der Waals surface area contributed by atoms with Crippen LogP contribution in [-0.2, 0) is 12.8 Å². The molecule has 0 radical (unpaired) electrons. The molecule has 2 heterocycles. The number of ether oxygens (including phenoxy) is 2. The molecule has 0 saturated heterocycles. The van der Waals surface area contributed by atoms with Crippen LogP contribution >= 0.6 is 15.8 Å². The van der Waals surface area contributed by atoms with Gasteiger partial charge in [-0.2, -0.15) is 0 Å². The molecule has 5 aliphatic carbocycles. The number of hydrogen-bond donors (Lipinski definition) is 0. The monoisotopic (exact) mass is 716 g/mol. The van der Waals surface area contributed by atoms with Gasteiger partial charge in [0, 0.05) is 22.4 Å². The molecule has 4 heteroatoms. The van der Waals surface area contributed by atoms with E-state index >= 15 is 0 Å². The van der Waals surface area contributed by atoms with Crippen LogP contribution in [0.5, 0.6) is 11.5 Å². The molecule has 0 bridgehead atoms. The molecule has 7 aliphatic rings. The van der Waals surface area contributed by atoms with Crippen molar-refractivity contribution in [1.29, 1.82) is 0 Å². The lowest BCUT2D eigenvalue weighted by atomic mass is 9.68. The second kappa shape index (κ2) is 16.5. The molecule has 5 fully saturated rings. The van der Waals surface area contributed by atoms with Crippen molar-refractivity contribution in [3.63, 3.8) is 0 Å². The molecule has 276 valence electrons. The second-order valence-electron chi connectivity index (χ2n) is 17.2. The highest BCUT2D eigenvalue weighted by Gasteiger charge is 2.58. The minimum atomic E-state index is -0.481. The highest BCUT2D eigenvalue weighted by Crippen LogP contribution is 2.61. The second-order valence-corrected chi connectivity index (χ2v) is 22.7. The first-order valence-electron chi connectivity index (χ1n) is 21.0. The van der Waals surface area contributed by atoms with Gasteiger partial charge < -0.3 is 9.47 Å². The first kappa shape index (κ1) is 37.2. The van der Waals surface area contributed by atoms with Crippen LogP contribution in [0.4, 0.5) is 0 Å². The standard InChI is InChI=1S/C44H62O2P2.2CH4/c1-5-20-36(21-6-1)47(37-22-7-2-8-23-37)40-28-13-16-32-30-34-18-15-19-35-31-33-17-14-29-41(43(33)46-44(34,35)45-42(32)40)48(38-24-9-3-10-25-38)39-26-11-4-12-27-39;;/h13-14,16-17,28-29,34-39H,1-12,15,18-27,30-31H2;2*1H4/t34-,35-,44?;;/m1../s1. The van der Waals surface area contributed by atoms with Crippen molar-refractivity contribution in [2.24, 2.45) is 11.8 Å². The van der Waals surface area contributed by atoms with Crippen LogP contribution in [-0.4, -0.2) is 28.4 Å². The predicted molar refractivity (Wildman–Crippen MR) is 219 cm³/mol. The Morgan fingerprint density at radius 3 is 1.10 bits per heavy atom. The van der Waals surface area contributed by atoms with Crippen molar-refractivity contribution in [2.45, 2.75) is 204 Å². The zero-order valence-electron chi connectivity index (χ0n) is 29.8. The third-order valence-corrected chi connectivity index (χ3v) is 21.3. The average molecular weight is 717 g/mol. The van der Waals surface area contributed by atoms with Gasteiger partial charge >= 0.3 is 0 Å². The van der Waals surface area contributed by atoms with E-state index in [0.717, 1.165) is 35.5 Å². The molecule has 2 nitrogen and oxygen atoms in total. The van der Waals surface area contributed by atoms with Crippen LogP contribution < -0.4 is 20.1 Å². The van der Waals surface area contributed by atoms with E-state index in [0.29, 0.717) is 11.8 Å². The summed E-state index contributed by atoms with van der Waals surface area (Å²) in [6.45, 7) is 0. The molecule has 0 aromatic heterocycles. The summed E-state index contributed by atoms with van der Waals surface area (Å²) in [6.07, 6.45) is 35.0. The van der Waals surface area contributed by atoms with Gasteiger partial charge in [0.15, 0.2) is 0 Å². The van der Waals surface area contributed by atoms with Crippen LogP contribution in [0.1, 0.15) is 174 Å². The molecular weight excluding hydrogens is 646 g/mol. The minimum absolute atomic E-state index is 0. The zero-order chi connectivity index (χ0) is 31.9. The Morgan fingerprint density at radius 1 is 0.420 bits per heavy atom. The largest absolute Gasteiger partial charge is 0.451 e. The van der Waals surface area contributed by atoms with Gasteiger partial charge in [0.1, 0.15) is 11.5 Å². The summed E-state index contributed by atoms with van der Waals surface area (Å²) in [5.74, 6) is 3.07. The van der Waals surface area contributed by atoms with E-state index in [1.165, 1.54) is 170 Å². The van der Waals surface area contributed by atoms with Gasteiger partial charge in [-0.1, -0.05) is 151 Å². The van der Waals surface area contributed by atoms with Crippen molar-refractivity contribution in [3.8, 4) is 11.5 Å². The summed E-state index contributed by atoms with van der Waals surface area (Å²) in [5.41, 5.74) is 6.57. The Labute approximate surface area is 309 Å². The maximum absolute atomic E-state index is 7.80. The fraction of sp³-hybridized carbons (Fsp3) is 0.739. The molecule has 1 spiro atoms. The predicted octanol–water partition coefficient (Wildman–Crippen LogP) is 13.2. The van der Waals surface area contributed by atoms with E-state index in [1.54, 1.807) is 10.6 Å². The normalized spacial score (nSPS) is 29.3. The molecular formula is C46H70O2P2. The van der Waals surface area contributed by atoms with Gasteiger partial charge in [-0.05, 0) is 111 Å². The van der Waals surface area contributed by atoms with E-state index in [9.17, 15) is 0 Å². The number of fused-ring (bicyclic) bond motifs is 2. The Bertz CT molecular complexity index is 1260.